The van der Waals surface area contributed by atoms with Gasteiger partial charge in [0.15, 0.2) is 0 Å². The first-order chi connectivity index (χ1) is 3.98. The number of hydrogen-bond acceptors (Lipinski definition) is 2. The summed E-state index contributed by atoms with van der Waals surface area (Å²) in [5.41, 5.74) is -0.416. The summed E-state index contributed by atoms with van der Waals surface area (Å²) in [6, 6.07) is 0. The van der Waals surface area contributed by atoms with Crippen LogP contribution in [-0.4, -0.2) is 12.1 Å². The van der Waals surface area contributed by atoms with Crippen molar-refractivity contribution in [2.24, 2.45) is 5.41 Å². The van der Waals surface area contributed by atoms with Gasteiger partial charge >= 0.3 is 0 Å². The molecule has 1 radical (unpaired) electrons. The van der Waals surface area contributed by atoms with Gasteiger partial charge in [0.2, 0.25) is 0 Å². The number of hydrogen-bond donors (Lipinski definition) is 0. The average Bonchev–Trinajstić information content (AvgIpc) is 1.64. The van der Waals surface area contributed by atoms with E-state index in [9.17, 15) is 9.59 Å². The van der Waals surface area contributed by atoms with Crippen LogP contribution in [0.15, 0.2) is 0 Å². The third-order valence-corrected chi connectivity index (χ3v) is 0.959. The normalized spacial score (nSPS) is 11.0. The lowest BCUT2D eigenvalue weighted by Gasteiger charge is -2.13. The van der Waals surface area contributed by atoms with Gasteiger partial charge in [-0.2, -0.15) is 0 Å². The molecule has 0 N–H and O–H groups in total. The predicted molar refractivity (Wildman–Crippen MR) is 34.8 cm³/mol. The smallest absolute Gasteiger partial charge is 0.149 e. The van der Waals surface area contributed by atoms with Gasteiger partial charge < -0.3 is 4.79 Å². The molecular weight excluding hydrogens is 116 g/mol. The van der Waals surface area contributed by atoms with Gasteiger partial charge in [0.05, 0.1) is 6.42 Å². The maximum absolute atomic E-state index is 10.8. The second-order valence-corrected chi connectivity index (χ2v) is 2.92. The molecule has 51 valence electrons. The van der Waals surface area contributed by atoms with Crippen LogP contribution in [0.25, 0.3) is 0 Å². The standard InChI is InChI=1S/C7H11O2/c1-7(2,3)6(9)4-5-8/h4-5H,1-3H3. The molecule has 9 heavy (non-hydrogen) atoms. The van der Waals surface area contributed by atoms with Gasteiger partial charge in [-0.25, -0.2) is 0 Å². The number of carbonyl (C=O) groups excluding carboxylic acids is 2. The molecule has 0 aromatic heterocycles. The molecule has 0 atom stereocenters. The van der Waals surface area contributed by atoms with E-state index in [4.69, 9.17) is 0 Å². The minimum absolute atomic E-state index is 0.127. The topological polar surface area (TPSA) is 34.1 Å². The van der Waals surface area contributed by atoms with Crippen molar-refractivity contribution in [2.75, 3.05) is 0 Å². The van der Waals surface area contributed by atoms with Crippen molar-refractivity contribution >= 4 is 12.1 Å². The lowest BCUT2D eigenvalue weighted by atomic mass is 9.89. The number of rotatable bonds is 2. The maximum Gasteiger partial charge on any atom is 0.149 e. The van der Waals surface area contributed by atoms with E-state index in [0.29, 0.717) is 6.29 Å². The highest BCUT2D eigenvalue weighted by Gasteiger charge is 2.19. The zero-order chi connectivity index (χ0) is 7.49. The molecule has 2 nitrogen and oxygen atoms in total. The molecule has 2 heteroatoms. The third kappa shape index (κ3) is 3.01. The second-order valence-electron chi connectivity index (χ2n) is 2.92. The first kappa shape index (κ1) is 8.34. The average molecular weight is 127 g/mol. The molecule has 0 aliphatic heterocycles. The lowest BCUT2D eigenvalue weighted by molar-refractivity contribution is -0.124. The van der Waals surface area contributed by atoms with Crippen molar-refractivity contribution in [3.05, 3.63) is 6.42 Å². The summed E-state index contributed by atoms with van der Waals surface area (Å²) >= 11 is 0. The Morgan fingerprint density at radius 3 is 1.89 bits per heavy atom. The Bertz CT molecular complexity index is 119. The van der Waals surface area contributed by atoms with E-state index in [1.54, 1.807) is 20.8 Å². The van der Waals surface area contributed by atoms with Crippen molar-refractivity contribution in [1.29, 1.82) is 0 Å². The van der Waals surface area contributed by atoms with Crippen molar-refractivity contribution in [3.63, 3.8) is 0 Å². The number of ketones is 1. The molecule has 0 aromatic carbocycles. The first-order valence-corrected chi connectivity index (χ1v) is 2.81. The Balaban J connectivity index is 3.88. The molecule has 0 fully saturated rings. The minimum atomic E-state index is -0.416. The molecule has 0 spiro atoms. The molecule has 0 aliphatic carbocycles. The maximum atomic E-state index is 10.8. The summed E-state index contributed by atoms with van der Waals surface area (Å²) in [6.45, 7) is 5.32. The molecule has 0 rings (SSSR count). The Labute approximate surface area is 55.3 Å². The summed E-state index contributed by atoms with van der Waals surface area (Å²) in [5, 5.41) is 0. The SMILES string of the molecule is CC(C)(C)C(=O)[CH]C=O. The monoisotopic (exact) mass is 127 g/mol. The van der Waals surface area contributed by atoms with Crippen molar-refractivity contribution < 1.29 is 9.59 Å². The van der Waals surface area contributed by atoms with Gasteiger partial charge in [0, 0.05) is 5.41 Å². The fourth-order valence-corrected chi connectivity index (χ4v) is 0.312. The van der Waals surface area contributed by atoms with Crippen LogP contribution in [-0.2, 0) is 9.59 Å². The van der Waals surface area contributed by atoms with Crippen LogP contribution in [0, 0.1) is 11.8 Å². The summed E-state index contributed by atoms with van der Waals surface area (Å²) in [5.74, 6) is -0.127. The van der Waals surface area contributed by atoms with E-state index >= 15 is 0 Å². The number of carbonyl (C=O) groups is 2. The van der Waals surface area contributed by atoms with E-state index in [-0.39, 0.29) is 5.78 Å². The van der Waals surface area contributed by atoms with Crippen molar-refractivity contribution in [1.82, 2.24) is 0 Å². The Kier molecular flexibility index (Phi) is 2.56. The highest BCUT2D eigenvalue weighted by Crippen LogP contribution is 2.14. The van der Waals surface area contributed by atoms with Crippen LogP contribution < -0.4 is 0 Å². The summed E-state index contributed by atoms with van der Waals surface area (Å²) in [4.78, 5) is 20.6. The largest absolute Gasteiger partial charge is 0.303 e. The Morgan fingerprint density at radius 1 is 1.33 bits per heavy atom. The van der Waals surface area contributed by atoms with Crippen LogP contribution >= 0.6 is 0 Å². The van der Waals surface area contributed by atoms with E-state index < -0.39 is 5.41 Å². The molecule has 0 unspecified atom stereocenters. The Hall–Kier alpha value is -0.660. The van der Waals surface area contributed by atoms with Crippen LogP contribution in [0.3, 0.4) is 0 Å². The molecule has 0 saturated carbocycles. The minimum Gasteiger partial charge on any atom is -0.303 e. The lowest BCUT2D eigenvalue weighted by Crippen LogP contribution is -2.20. The van der Waals surface area contributed by atoms with Gasteiger partial charge in [-0.15, -0.1) is 0 Å². The van der Waals surface area contributed by atoms with Crippen LogP contribution in [0.1, 0.15) is 20.8 Å². The van der Waals surface area contributed by atoms with Crippen LogP contribution in [0.4, 0.5) is 0 Å². The number of aldehydes is 1. The molecule has 0 amide bonds. The molecule has 0 saturated heterocycles. The van der Waals surface area contributed by atoms with Gasteiger partial charge in [0.1, 0.15) is 12.1 Å². The van der Waals surface area contributed by atoms with Gasteiger partial charge in [-0.05, 0) is 0 Å². The van der Waals surface area contributed by atoms with Gasteiger partial charge in [-0.3, -0.25) is 4.79 Å². The first-order valence-electron chi connectivity index (χ1n) is 2.81. The zero-order valence-electron chi connectivity index (χ0n) is 5.97. The highest BCUT2D eigenvalue weighted by atomic mass is 16.1. The quantitative estimate of drug-likeness (QED) is 0.409. The van der Waals surface area contributed by atoms with Gasteiger partial charge in [-0.1, -0.05) is 20.8 Å². The Morgan fingerprint density at radius 2 is 1.78 bits per heavy atom. The van der Waals surface area contributed by atoms with Crippen LogP contribution in [0.5, 0.6) is 0 Å². The molecule has 0 bridgehead atoms. The third-order valence-electron chi connectivity index (χ3n) is 0.959. The van der Waals surface area contributed by atoms with Crippen molar-refractivity contribution in [3.8, 4) is 0 Å². The highest BCUT2D eigenvalue weighted by molar-refractivity contribution is 6.03. The molecular formula is C7H11O2. The zero-order valence-corrected chi connectivity index (χ0v) is 5.97. The molecule has 0 aromatic rings. The predicted octanol–water partition coefficient (Wildman–Crippen LogP) is 1.00. The summed E-state index contributed by atoms with van der Waals surface area (Å²) in [7, 11) is 0. The molecule has 0 aliphatic rings. The van der Waals surface area contributed by atoms with Gasteiger partial charge in [0.25, 0.3) is 0 Å². The fourth-order valence-electron chi connectivity index (χ4n) is 0.312. The van der Waals surface area contributed by atoms with E-state index in [0.717, 1.165) is 6.42 Å². The van der Waals surface area contributed by atoms with E-state index in [1.165, 1.54) is 0 Å². The van der Waals surface area contributed by atoms with E-state index in [1.807, 2.05) is 0 Å². The summed E-state index contributed by atoms with van der Waals surface area (Å²) < 4.78 is 0. The van der Waals surface area contributed by atoms with Crippen LogP contribution in [0.2, 0.25) is 0 Å². The number of Topliss-reactive ketones (excluding diaryl/α,β-unsaturated/α-hetero) is 1. The summed E-state index contributed by atoms with van der Waals surface area (Å²) in [6.07, 6.45) is 1.58. The van der Waals surface area contributed by atoms with Crippen molar-refractivity contribution in [2.45, 2.75) is 20.8 Å². The fraction of sp³-hybridized carbons (Fsp3) is 0.571. The molecule has 0 heterocycles. The second kappa shape index (κ2) is 2.76. The van der Waals surface area contributed by atoms with E-state index in [2.05, 4.69) is 0 Å².